The van der Waals surface area contributed by atoms with Crippen molar-refractivity contribution in [3.8, 4) is 11.5 Å². The molecule has 144 valence electrons. The van der Waals surface area contributed by atoms with Gasteiger partial charge in [0, 0.05) is 17.4 Å². The van der Waals surface area contributed by atoms with Crippen LogP contribution in [0.2, 0.25) is 0 Å². The molecule has 0 saturated heterocycles. The summed E-state index contributed by atoms with van der Waals surface area (Å²) in [6, 6.07) is 25.1. The van der Waals surface area contributed by atoms with Crippen LogP contribution < -0.4 is 15.4 Å². The average Bonchev–Trinajstić information content (AvgIpc) is 2.72. The van der Waals surface area contributed by atoms with E-state index >= 15 is 0 Å². The van der Waals surface area contributed by atoms with Gasteiger partial charge in [0.05, 0.1) is 5.69 Å². The van der Waals surface area contributed by atoms with E-state index in [0.29, 0.717) is 23.2 Å². The molecule has 1 aromatic heterocycles. The van der Waals surface area contributed by atoms with E-state index in [4.69, 9.17) is 4.74 Å². The second-order valence-corrected chi connectivity index (χ2v) is 6.39. The maximum atomic E-state index is 13.1. The number of nitrogens with zero attached hydrogens (tertiary/aromatic N) is 2. The lowest BCUT2D eigenvalue weighted by molar-refractivity contribution is 0.485. The van der Waals surface area contributed by atoms with Crippen LogP contribution in [-0.4, -0.2) is 9.97 Å². The zero-order valence-corrected chi connectivity index (χ0v) is 15.8. The molecule has 0 saturated carbocycles. The minimum atomic E-state index is -0.293. The van der Waals surface area contributed by atoms with E-state index in [1.54, 1.807) is 12.1 Å². The highest BCUT2D eigenvalue weighted by atomic mass is 19.1. The molecule has 3 aromatic carbocycles. The van der Waals surface area contributed by atoms with E-state index < -0.39 is 0 Å². The quantitative estimate of drug-likeness (QED) is 0.413. The molecule has 0 unspecified atom stereocenters. The van der Waals surface area contributed by atoms with E-state index in [9.17, 15) is 4.39 Å². The Hall–Kier alpha value is -3.93. The minimum absolute atomic E-state index is 0.293. The smallest absolute Gasteiger partial charge is 0.229 e. The van der Waals surface area contributed by atoms with Crippen molar-refractivity contribution in [2.24, 2.45) is 0 Å². The largest absolute Gasteiger partial charge is 0.455 e. The molecule has 0 fully saturated rings. The summed E-state index contributed by atoms with van der Waals surface area (Å²) in [6.45, 7) is 1.88. The summed E-state index contributed by atoms with van der Waals surface area (Å²) in [4.78, 5) is 8.91. The summed E-state index contributed by atoms with van der Waals surface area (Å²) in [5, 5.41) is 6.39. The van der Waals surface area contributed by atoms with Crippen LogP contribution in [0.25, 0.3) is 0 Å². The first-order valence-corrected chi connectivity index (χ1v) is 9.13. The van der Waals surface area contributed by atoms with Gasteiger partial charge in [-0.15, -0.1) is 0 Å². The Morgan fingerprint density at radius 1 is 0.793 bits per heavy atom. The number of para-hydroxylation sites is 3. The number of rotatable bonds is 6. The molecule has 4 rings (SSSR count). The van der Waals surface area contributed by atoms with Crippen molar-refractivity contribution >= 4 is 23.1 Å². The number of nitrogens with one attached hydrogen (secondary N) is 2. The molecule has 0 aliphatic rings. The monoisotopic (exact) mass is 386 g/mol. The van der Waals surface area contributed by atoms with Crippen LogP contribution in [0.15, 0.2) is 84.9 Å². The van der Waals surface area contributed by atoms with Crippen LogP contribution in [0, 0.1) is 12.7 Å². The fourth-order valence-corrected chi connectivity index (χ4v) is 2.76. The maximum Gasteiger partial charge on any atom is 0.229 e. The maximum absolute atomic E-state index is 13.1. The fourth-order valence-electron chi connectivity index (χ4n) is 2.76. The summed E-state index contributed by atoms with van der Waals surface area (Å²) in [5.41, 5.74) is 2.27. The van der Waals surface area contributed by atoms with Gasteiger partial charge in [-0.25, -0.2) is 9.37 Å². The van der Waals surface area contributed by atoms with E-state index in [1.807, 2.05) is 67.6 Å². The molecule has 1 heterocycles. The number of benzene rings is 3. The van der Waals surface area contributed by atoms with Crippen molar-refractivity contribution in [1.29, 1.82) is 0 Å². The summed E-state index contributed by atoms with van der Waals surface area (Å²) < 4.78 is 19.1. The molecule has 0 spiro atoms. The zero-order chi connectivity index (χ0) is 20.1. The van der Waals surface area contributed by atoms with Crippen LogP contribution in [0.3, 0.4) is 0 Å². The van der Waals surface area contributed by atoms with Crippen molar-refractivity contribution in [2.45, 2.75) is 6.92 Å². The van der Waals surface area contributed by atoms with Gasteiger partial charge in [0.1, 0.15) is 17.4 Å². The van der Waals surface area contributed by atoms with Gasteiger partial charge in [-0.2, -0.15) is 4.98 Å². The highest BCUT2D eigenvalue weighted by Gasteiger charge is 2.08. The first-order valence-electron chi connectivity index (χ1n) is 9.13. The molecule has 5 nitrogen and oxygen atoms in total. The highest BCUT2D eigenvalue weighted by Crippen LogP contribution is 2.31. The Balaban J connectivity index is 1.57. The Morgan fingerprint density at radius 2 is 1.52 bits per heavy atom. The average molecular weight is 386 g/mol. The van der Waals surface area contributed by atoms with Crippen LogP contribution in [-0.2, 0) is 0 Å². The number of anilines is 4. The lowest BCUT2D eigenvalue weighted by Crippen LogP contribution is -2.03. The fraction of sp³-hybridized carbons (Fsp3) is 0.0435. The lowest BCUT2D eigenvalue weighted by atomic mass is 10.2. The van der Waals surface area contributed by atoms with Crippen molar-refractivity contribution in [3.05, 3.63) is 96.4 Å². The van der Waals surface area contributed by atoms with E-state index in [2.05, 4.69) is 20.6 Å². The van der Waals surface area contributed by atoms with Gasteiger partial charge >= 0.3 is 0 Å². The molecule has 4 aromatic rings. The van der Waals surface area contributed by atoms with E-state index in [1.165, 1.54) is 12.1 Å². The van der Waals surface area contributed by atoms with Gasteiger partial charge < -0.3 is 15.4 Å². The molecule has 6 heteroatoms. The predicted octanol–water partition coefficient (Wildman–Crippen LogP) is 6.20. The van der Waals surface area contributed by atoms with Crippen molar-refractivity contribution in [1.82, 2.24) is 9.97 Å². The first kappa shape index (κ1) is 18.4. The Kier molecular flexibility index (Phi) is 5.33. The van der Waals surface area contributed by atoms with Gasteiger partial charge in [0.25, 0.3) is 0 Å². The third-order valence-electron chi connectivity index (χ3n) is 4.08. The third-order valence-corrected chi connectivity index (χ3v) is 4.08. The van der Waals surface area contributed by atoms with Crippen LogP contribution >= 0.6 is 0 Å². The minimum Gasteiger partial charge on any atom is -0.455 e. The van der Waals surface area contributed by atoms with Crippen LogP contribution in [0.4, 0.5) is 27.5 Å². The summed E-state index contributed by atoms with van der Waals surface area (Å²) in [7, 11) is 0. The SMILES string of the molecule is Cc1cc(Nc2ccccc2Oc2ccccc2)nc(Nc2ccc(F)cc2)n1. The molecule has 2 N–H and O–H groups in total. The molecule has 0 aliphatic heterocycles. The molecule has 29 heavy (non-hydrogen) atoms. The third kappa shape index (κ3) is 4.87. The molecule has 0 aliphatic carbocycles. The molecule has 0 radical (unpaired) electrons. The van der Waals surface area contributed by atoms with E-state index in [-0.39, 0.29) is 5.82 Å². The number of ether oxygens (including phenoxy) is 1. The normalized spacial score (nSPS) is 10.4. The highest BCUT2D eigenvalue weighted by molar-refractivity contribution is 5.66. The van der Waals surface area contributed by atoms with Gasteiger partial charge in [-0.05, 0) is 55.5 Å². The number of hydrogen-bond acceptors (Lipinski definition) is 5. The standard InChI is InChI=1S/C23H19FN4O/c1-16-15-22(28-23(25-16)26-18-13-11-17(24)12-14-18)27-20-9-5-6-10-21(20)29-19-7-3-2-4-8-19/h2-15H,1H3,(H2,25,26,27,28). The van der Waals surface area contributed by atoms with Gasteiger partial charge in [0.15, 0.2) is 5.75 Å². The number of hydrogen-bond donors (Lipinski definition) is 2. The number of aromatic nitrogens is 2. The van der Waals surface area contributed by atoms with Crippen molar-refractivity contribution < 1.29 is 9.13 Å². The van der Waals surface area contributed by atoms with Gasteiger partial charge in [-0.1, -0.05) is 30.3 Å². The Bertz CT molecular complexity index is 1100. The molecule has 0 atom stereocenters. The summed E-state index contributed by atoms with van der Waals surface area (Å²) >= 11 is 0. The Morgan fingerprint density at radius 3 is 2.31 bits per heavy atom. The summed E-state index contributed by atoms with van der Waals surface area (Å²) in [6.07, 6.45) is 0. The van der Waals surface area contributed by atoms with Crippen molar-refractivity contribution in [2.75, 3.05) is 10.6 Å². The molecular formula is C23H19FN4O. The molecular weight excluding hydrogens is 367 g/mol. The molecule has 0 bridgehead atoms. The predicted molar refractivity (Wildman–Crippen MR) is 113 cm³/mol. The summed E-state index contributed by atoms with van der Waals surface area (Å²) in [5.74, 6) is 2.17. The topological polar surface area (TPSA) is 59.1 Å². The Labute approximate surface area is 168 Å². The number of aryl methyl sites for hydroxylation is 1. The van der Waals surface area contributed by atoms with E-state index in [0.717, 1.165) is 17.1 Å². The zero-order valence-electron chi connectivity index (χ0n) is 15.8. The second kappa shape index (κ2) is 8.39. The second-order valence-electron chi connectivity index (χ2n) is 6.39. The molecule has 0 amide bonds. The van der Waals surface area contributed by atoms with Gasteiger partial charge in [-0.3, -0.25) is 0 Å². The first-order chi connectivity index (χ1) is 14.2. The number of halogens is 1. The lowest BCUT2D eigenvalue weighted by Gasteiger charge is -2.14. The van der Waals surface area contributed by atoms with Gasteiger partial charge in [0.2, 0.25) is 5.95 Å². The van der Waals surface area contributed by atoms with Crippen LogP contribution in [0.5, 0.6) is 11.5 Å². The van der Waals surface area contributed by atoms with Crippen molar-refractivity contribution in [3.63, 3.8) is 0 Å². The van der Waals surface area contributed by atoms with Crippen LogP contribution in [0.1, 0.15) is 5.69 Å².